The lowest BCUT2D eigenvalue weighted by molar-refractivity contribution is -0.112. The van der Waals surface area contributed by atoms with Crippen LogP contribution in [0.25, 0.3) is 0 Å². The molecule has 0 saturated carbocycles. The van der Waals surface area contributed by atoms with Gasteiger partial charge in [0.1, 0.15) is 0 Å². The second-order valence-electron chi connectivity index (χ2n) is 4.25. The molecule has 0 fully saturated rings. The first-order valence-electron chi connectivity index (χ1n) is 5.68. The molecule has 2 rings (SSSR count). The van der Waals surface area contributed by atoms with Gasteiger partial charge in [-0.25, -0.2) is 4.98 Å². The Morgan fingerprint density at radius 2 is 2.00 bits per heavy atom. The van der Waals surface area contributed by atoms with Crippen molar-refractivity contribution in [2.45, 2.75) is 20.8 Å². The maximum atomic E-state index is 12.1. The third kappa shape index (κ3) is 2.55. The lowest BCUT2D eigenvalue weighted by Crippen LogP contribution is -2.23. The van der Waals surface area contributed by atoms with Crippen LogP contribution >= 0.6 is 11.3 Å². The van der Waals surface area contributed by atoms with Gasteiger partial charge in [0.15, 0.2) is 5.13 Å². The Kier molecular flexibility index (Phi) is 3.48. The molecule has 0 saturated heterocycles. The summed E-state index contributed by atoms with van der Waals surface area (Å²) in [6.45, 7) is 5.29. The van der Waals surface area contributed by atoms with Crippen LogP contribution in [0.3, 0.4) is 0 Å². The van der Waals surface area contributed by atoms with Gasteiger partial charge in [-0.15, -0.1) is 11.3 Å². The summed E-state index contributed by atoms with van der Waals surface area (Å²) in [5, 5.41) is 8.87. The van der Waals surface area contributed by atoms with Crippen molar-refractivity contribution < 1.29 is 9.59 Å². The lowest BCUT2D eigenvalue weighted by Gasteiger charge is -2.01. The molecule has 0 bridgehead atoms. The van der Waals surface area contributed by atoms with E-state index in [2.05, 4.69) is 15.4 Å². The van der Waals surface area contributed by atoms with Gasteiger partial charge in [0.25, 0.3) is 11.7 Å². The summed E-state index contributed by atoms with van der Waals surface area (Å²) >= 11 is 1.29. The summed E-state index contributed by atoms with van der Waals surface area (Å²) < 4.78 is 1.59. The number of carbonyl (C=O) groups excluding carboxylic acids is 2. The number of aryl methyl sites for hydroxylation is 3. The van der Waals surface area contributed by atoms with E-state index in [0.29, 0.717) is 22.1 Å². The molecule has 2 aromatic heterocycles. The molecule has 0 aliphatic heterocycles. The molecule has 0 aliphatic rings. The molecular weight excluding hydrogens is 264 g/mol. The maximum Gasteiger partial charge on any atom is 0.298 e. The van der Waals surface area contributed by atoms with Gasteiger partial charge in [-0.05, 0) is 20.8 Å². The minimum Gasteiger partial charge on any atom is -0.295 e. The molecule has 0 aliphatic carbocycles. The summed E-state index contributed by atoms with van der Waals surface area (Å²) in [6, 6.07) is 0. The molecule has 2 aromatic rings. The SMILES string of the molecule is Cc1csc(NC(=O)C(=O)c2c(C)nn(C)c2C)n1. The normalized spacial score (nSPS) is 10.5. The smallest absolute Gasteiger partial charge is 0.295 e. The fraction of sp³-hybridized carbons (Fsp3) is 0.333. The van der Waals surface area contributed by atoms with Crippen LogP contribution < -0.4 is 5.32 Å². The summed E-state index contributed by atoms with van der Waals surface area (Å²) in [5.74, 6) is -1.27. The molecule has 0 radical (unpaired) electrons. The second-order valence-corrected chi connectivity index (χ2v) is 5.10. The standard InChI is InChI=1S/C12H14N4O2S/c1-6-5-19-12(13-6)14-11(18)10(17)9-7(2)15-16(4)8(9)3/h5H,1-4H3,(H,13,14,18). The Bertz CT molecular complexity index is 657. The monoisotopic (exact) mass is 278 g/mol. The zero-order chi connectivity index (χ0) is 14.2. The minimum atomic E-state index is -0.687. The zero-order valence-electron chi connectivity index (χ0n) is 11.1. The molecule has 0 aromatic carbocycles. The molecular formula is C12H14N4O2S. The quantitative estimate of drug-likeness (QED) is 0.683. The Labute approximate surface area is 114 Å². The van der Waals surface area contributed by atoms with Gasteiger partial charge >= 0.3 is 0 Å². The number of nitrogens with one attached hydrogen (secondary N) is 1. The lowest BCUT2D eigenvalue weighted by atomic mass is 10.1. The van der Waals surface area contributed by atoms with E-state index in [1.54, 1.807) is 31.0 Å². The van der Waals surface area contributed by atoms with E-state index < -0.39 is 11.7 Å². The van der Waals surface area contributed by atoms with Crippen molar-refractivity contribution in [2.24, 2.45) is 7.05 Å². The first kappa shape index (κ1) is 13.4. The molecule has 0 unspecified atom stereocenters. The molecule has 0 spiro atoms. The Morgan fingerprint density at radius 3 is 2.47 bits per heavy atom. The Hall–Kier alpha value is -2.02. The zero-order valence-corrected chi connectivity index (χ0v) is 12.0. The average molecular weight is 278 g/mol. The molecule has 1 N–H and O–H groups in total. The van der Waals surface area contributed by atoms with Crippen molar-refractivity contribution in [2.75, 3.05) is 5.32 Å². The highest BCUT2D eigenvalue weighted by Gasteiger charge is 2.24. The molecule has 19 heavy (non-hydrogen) atoms. The summed E-state index contributed by atoms with van der Waals surface area (Å²) in [7, 11) is 1.74. The van der Waals surface area contributed by atoms with E-state index >= 15 is 0 Å². The average Bonchev–Trinajstić information content (AvgIpc) is 2.84. The predicted molar refractivity (Wildman–Crippen MR) is 72.5 cm³/mol. The van der Waals surface area contributed by atoms with Crippen LogP contribution in [-0.4, -0.2) is 26.5 Å². The minimum absolute atomic E-state index is 0.355. The van der Waals surface area contributed by atoms with Gasteiger partial charge in [0.2, 0.25) is 0 Å². The fourth-order valence-electron chi connectivity index (χ4n) is 1.78. The van der Waals surface area contributed by atoms with E-state index in [1.165, 1.54) is 11.3 Å². The number of hydrogen-bond donors (Lipinski definition) is 1. The first-order chi connectivity index (χ1) is 8.90. The van der Waals surface area contributed by atoms with Crippen LogP contribution in [0.1, 0.15) is 27.4 Å². The summed E-state index contributed by atoms with van der Waals surface area (Å²) in [5.41, 5.74) is 2.39. The third-order valence-electron chi connectivity index (χ3n) is 2.78. The van der Waals surface area contributed by atoms with Crippen LogP contribution in [-0.2, 0) is 11.8 Å². The van der Waals surface area contributed by atoms with Gasteiger partial charge < -0.3 is 0 Å². The highest BCUT2D eigenvalue weighted by Crippen LogP contribution is 2.17. The number of carbonyl (C=O) groups is 2. The number of ketones is 1. The van der Waals surface area contributed by atoms with Gasteiger partial charge in [-0.3, -0.25) is 19.6 Å². The van der Waals surface area contributed by atoms with Crippen LogP contribution in [0.5, 0.6) is 0 Å². The summed E-state index contributed by atoms with van der Waals surface area (Å²) in [6.07, 6.45) is 0. The van der Waals surface area contributed by atoms with E-state index in [4.69, 9.17) is 0 Å². The Balaban J connectivity index is 2.22. The molecule has 6 nitrogen and oxygen atoms in total. The van der Waals surface area contributed by atoms with Gasteiger partial charge in [0.05, 0.1) is 17.0 Å². The van der Waals surface area contributed by atoms with Crippen LogP contribution in [0.15, 0.2) is 5.38 Å². The molecule has 7 heteroatoms. The molecule has 2 heterocycles. The van der Waals surface area contributed by atoms with Crippen molar-refractivity contribution in [3.05, 3.63) is 28.0 Å². The number of aromatic nitrogens is 3. The molecule has 100 valence electrons. The highest BCUT2D eigenvalue weighted by atomic mass is 32.1. The number of anilines is 1. The Morgan fingerprint density at radius 1 is 1.32 bits per heavy atom. The van der Waals surface area contributed by atoms with Crippen molar-refractivity contribution in [1.29, 1.82) is 0 Å². The number of amides is 1. The van der Waals surface area contributed by atoms with Crippen LogP contribution in [0.4, 0.5) is 5.13 Å². The predicted octanol–water partition coefficient (Wildman–Crippen LogP) is 1.62. The molecule has 0 atom stereocenters. The number of nitrogens with zero attached hydrogens (tertiary/aromatic N) is 3. The number of rotatable bonds is 3. The van der Waals surface area contributed by atoms with Gasteiger partial charge in [-0.1, -0.05) is 0 Å². The largest absolute Gasteiger partial charge is 0.298 e. The van der Waals surface area contributed by atoms with E-state index in [0.717, 1.165) is 5.69 Å². The highest BCUT2D eigenvalue weighted by molar-refractivity contribution is 7.14. The van der Waals surface area contributed by atoms with Crippen molar-refractivity contribution in [3.63, 3.8) is 0 Å². The van der Waals surface area contributed by atoms with Gasteiger partial charge in [0, 0.05) is 18.1 Å². The van der Waals surface area contributed by atoms with E-state index in [9.17, 15) is 9.59 Å². The van der Waals surface area contributed by atoms with E-state index in [1.807, 2.05) is 6.92 Å². The van der Waals surface area contributed by atoms with E-state index in [-0.39, 0.29) is 0 Å². The topological polar surface area (TPSA) is 76.9 Å². The summed E-state index contributed by atoms with van der Waals surface area (Å²) in [4.78, 5) is 28.1. The molecule has 1 amide bonds. The maximum absolute atomic E-state index is 12.1. The number of Topliss-reactive ketones (excluding diaryl/α,β-unsaturated/α-hetero) is 1. The number of thiazole rings is 1. The van der Waals surface area contributed by atoms with Crippen molar-refractivity contribution in [3.8, 4) is 0 Å². The van der Waals surface area contributed by atoms with Crippen LogP contribution in [0, 0.1) is 20.8 Å². The van der Waals surface area contributed by atoms with Crippen LogP contribution in [0.2, 0.25) is 0 Å². The van der Waals surface area contributed by atoms with Crippen molar-refractivity contribution >= 4 is 28.2 Å². The van der Waals surface area contributed by atoms with Crippen molar-refractivity contribution in [1.82, 2.24) is 14.8 Å². The third-order valence-corrected chi connectivity index (χ3v) is 3.66. The second kappa shape index (κ2) is 4.93. The fourth-order valence-corrected chi connectivity index (χ4v) is 2.46. The van der Waals surface area contributed by atoms with Gasteiger partial charge in [-0.2, -0.15) is 5.10 Å². The number of hydrogen-bond acceptors (Lipinski definition) is 5. The first-order valence-corrected chi connectivity index (χ1v) is 6.56.